The van der Waals surface area contributed by atoms with E-state index in [0.717, 1.165) is 11.3 Å². The average Bonchev–Trinajstić information content (AvgIpc) is 2.67. The first-order valence-electron chi connectivity index (χ1n) is 5.73. The van der Waals surface area contributed by atoms with Crippen molar-refractivity contribution in [3.63, 3.8) is 0 Å². The molecule has 0 bridgehead atoms. The van der Waals surface area contributed by atoms with Crippen LogP contribution >= 0.6 is 11.3 Å². The van der Waals surface area contributed by atoms with Gasteiger partial charge in [-0.25, -0.2) is 0 Å². The van der Waals surface area contributed by atoms with Gasteiger partial charge < -0.3 is 14.8 Å². The van der Waals surface area contributed by atoms with Gasteiger partial charge in [-0.3, -0.25) is 14.4 Å². The number of piperazine rings is 1. The van der Waals surface area contributed by atoms with Crippen LogP contribution < -0.4 is 4.87 Å². The number of aromatic nitrogens is 1. The third-order valence-electron chi connectivity index (χ3n) is 3.03. The summed E-state index contributed by atoms with van der Waals surface area (Å²) in [6.07, 6.45) is 0. The zero-order valence-electron chi connectivity index (χ0n) is 10.4. The Kier molecular flexibility index (Phi) is 3.51. The SMILES string of the molecule is CC(=O)N1CCN(C(=O)c2sc(=O)[nH]c2C)CC1. The van der Waals surface area contributed by atoms with E-state index in [1.54, 1.807) is 16.7 Å². The lowest BCUT2D eigenvalue weighted by molar-refractivity contribution is -0.130. The van der Waals surface area contributed by atoms with E-state index < -0.39 is 0 Å². The van der Waals surface area contributed by atoms with E-state index in [4.69, 9.17) is 0 Å². The van der Waals surface area contributed by atoms with Crippen LogP contribution in [0, 0.1) is 6.92 Å². The number of hydrogen-bond donors (Lipinski definition) is 1. The van der Waals surface area contributed by atoms with Gasteiger partial charge in [-0.1, -0.05) is 11.3 Å². The van der Waals surface area contributed by atoms with Crippen molar-refractivity contribution in [3.05, 3.63) is 20.2 Å². The molecule has 7 heteroatoms. The number of H-pyrrole nitrogens is 1. The molecule has 2 rings (SSSR count). The Bertz CT molecular complexity index is 526. The third-order valence-corrected chi connectivity index (χ3v) is 4.00. The lowest BCUT2D eigenvalue weighted by atomic mass is 10.2. The molecule has 1 aromatic rings. The van der Waals surface area contributed by atoms with Crippen molar-refractivity contribution in [2.45, 2.75) is 13.8 Å². The summed E-state index contributed by atoms with van der Waals surface area (Å²) in [4.78, 5) is 40.8. The molecule has 1 aliphatic rings. The highest BCUT2D eigenvalue weighted by molar-refractivity contribution is 7.11. The second kappa shape index (κ2) is 4.93. The summed E-state index contributed by atoms with van der Waals surface area (Å²) in [6, 6.07) is 0. The Labute approximate surface area is 108 Å². The summed E-state index contributed by atoms with van der Waals surface area (Å²) in [5, 5.41) is 0. The normalized spacial score (nSPS) is 15.9. The molecule has 1 aromatic heterocycles. The summed E-state index contributed by atoms with van der Waals surface area (Å²) in [5.41, 5.74) is 0.615. The average molecular weight is 269 g/mol. The first kappa shape index (κ1) is 12.8. The van der Waals surface area contributed by atoms with E-state index in [-0.39, 0.29) is 16.7 Å². The Hall–Kier alpha value is -1.63. The molecule has 0 spiro atoms. The Morgan fingerprint density at radius 2 is 1.72 bits per heavy atom. The Balaban J connectivity index is 2.06. The van der Waals surface area contributed by atoms with Gasteiger partial charge in [-0.05, 0) is 6.92 Å². The zero-order valence-corrected chi connectivity index (χ0v) is 11.2. The van der Waals surface area contributed by atoms with Crippen LogP contribution in [0.2, 0.25) is 0 Å². The lowest BCUT2D eigenvalue weighted by Gasteiger charge is -2.34. The van der Waals surface area contributed by atoms with Crippen molar-refractivity contribution in [1.82, 2.24) is 14.8 Å². The van der Waals surface area contributed by atoms with Crippen LogP contribution in [0.15, 0.2) is 4.79 Å². The molecule has 2 heterocycles. The maximum absolute atomic E-state index is 12.2. The van der Waals surface area contributed by atoms with Gasteiger partial charge in [0.1, 0.15) is 4.88 Å². The lowest BCUT2D eigenvalue weighted by Crippen LogP contribution is -2.50. The number of carbonyl (C=O) groups is 2. The van der Waals surface area contributed by atoms with Crippen LogP contribution in [0.4, 0.5) is 0 Å². The van der Waals surface area contributed by atoms with Gasteiger partial charge in [0.15, 0.2) is 0 Å². The molecule has 1 N–H and O–H groups in total. The number of aromatic amines is 1. The maximum atomic E-state index is 12.2. The molecule has 0 aromatic carbocycles. The van der Waals surface area contributed by atoms with E-state index in [2.05, 4.69) is 4.98 Å². The number of aryl methyl sites for hydroxylation is 1. The van der Waals surface area contributed by atoms with E-state index in [1.807, 2.05) is 0 Å². The zero-order chi connectivity index (χ0) is 13.3. The van der Waals surface area contributed by atoms with Crippen molar-refractivity contribution in [2.24, 2.45) is 0 Å². The highest BCUT2D eigenvalue weighted by atomic mass is 32.1. The molecule has 18 heavy (non-hydrogen) atoms. The van der Waals surface area contributed by atoms with Gasteiger partial charge in [0.25, 0.3) is 5.91 Å². The molecule has 6 nitrogen and oxygen atoms in total. The Morgan fingerprint density at radius 1 is 1.17 bits per heavy atom. The standard InChI is InChI=1S/C11H15N3O3S/c1-7-9(18-11(17)12-7)10(16)14-5-3-13(4-6-14)8(2)15/h3-6H2,1-2H3,(H,12,17). The number of amides is 2. The minimum Gasteiger partial charge on any atom is -0.339 e. The first-order chi connectivity index (χ1) is 8.49. The molecule has 2 amide bonds. The fraction of sp³-hybridized carbons (Fsp3) is 0.545. The molecule has 0 aliphatic carbocycles. The summed E-state index contributed by atoms with van der Waals surface area (Å²) in [7, 11) is 0. The molecular weight excluding hydrogens is 254 g/mol. The van der Waals surface area contributed by atoms with Crippen LogP contribution in [0.5, 0.6) is 0 Å². The molecule has 0 atom stereocenters. The molecule has 0 saturated carbocycles. The number of nitrogens with one attached hydrogen (secondary N) is 1. The minimum atomic E-state index is -0.210. The van der Waals surface area contributed by atoms with Gasteiger partial charge in [-0.15, -0.1) is 0 Å². The van der Waals surface area contributed by atoms with Gasteiger partial charge >= 0.3 is 4.87 Å². The molecular formula is C11H15N3O3S. The van der Waals surface area contributed by atoms with Gasteiger partial charge in [0.2, 0.25) is 5.91 Å². The van der Waals surface area contributed by atoms with Crippen LogP contribution in [-0.2, 0) is 4.79 Å². The molecule has 1 saturated heterocycles. The van der Waals surface area contributed by atoms with Crippen LogP contribution in [0.25, 0.3) is 0 Å². The fourth-order valence-electron chi connectivity index (χ4n) is 1.98. The number of nitrogens with zero attached hydrogens (tertiary/aromatic N) is 2. The molecule has 0 unspecified atom stereocenters. The predicted molar refractivity (Wildman–Crippen MR) is 67.8 cm³/mol. The van der Waals surface area contributed by atoms with E-state index >= 15 is 0 Å². The second-order valence-electron chi connectivity index (χ2n) is 4.27. The topological polar surface area (TPSA) is 73.5 Å². The summed E-state index contributed by atoms with van der Waals surface area (Å²) >= 11 is 0.940. The monoisotopic (exact) mass is 269 g/mol. The maximum Gasteiger partial charge on any atom is 0.305 e. The Morgan fingerprint density at radius 3 is 2.17 bits per heavy atom. The van der Waals surface area contributed by atoms with Gasteiger partial charge in [0.05, 0.1) is 0 Å². The molecule has 1 fully saturated rings. The van der Waals surface area contributed by atoms with Crippen molar-refractivity contribution in [2.75, 3.05) is 26.2 Å². The van der Waals surface area contributed by atoms with E-state index in [0.29, 0.717) is 36.8 Å². The van der Waals surface area contributed by atoms with Crippen molar-refractivity contribution < 1.29 is 9.59 Å². The van der Waals surface area contributed by atoms with Crippen LogP contribution in [-0.4, -0.2) is 52.8 Å². The van der Waals surface area contributed by atoms with Gasteiger partial charge in [-0.2, -0.15) is 0 Å². The molecule has 98 valence electrons. The molecule has 1 aliphatic heterocycles. The first-order valence-corrected chi connectivity index (χ1v) is 6.55. The van der Waals surface area contributed by atoms with Crippen LogP contribution in [0.3, 0.4) is 0 Å². The van der Waals surface area contributed by atoms with E-state index in [1.165, 1.54) is 6.92 Å². The van der Waals surface area contributed by atoms with E-state index in [9.17, 15) is 14.4 Å². The summed E-state index contributed by atoms with van der Waals surface area (Å²) < 4.78 is 0. The summed E-state index contributed by atoms with van der Waals surface area (Å²) in [5.74, 6) is -0.0939. The highest BCUT2D eigenvalue weighted by Crippen LogP contribution is 2.13. The molecule has 0 radical (unpaired) electrons. The number of thiazole rings is 1. The van der Waals surface area contributed by atoms with Crippen LogP contribution in [0.1, 0.15) is 22.3 Å². The third kappa shape index (κ3) is 2.45. The van der Waals surface area contributed by atoms with Crippen molar-refractivity contribution >= 4 is 23.2 Å². The number of hydrogen-bond acceptors (Lipinski definition) is 4. The van der Waals surface area contributed by atoms with Gasteiger partial charge in [0, 0.05) is 38.8 Å². The highest BCUT2D eigenvalue weighted by Gasteiger charge is 2.25. The number of carbonyl (C=O) groups excluding carboxylic acids is 2. The predicted octanol–water partition coefficient (Wildman–Crippen LogP) is 0.0491. The second-order valence-corrected chi connectivity index (χ2v) is 5.25. The fourth-order valence-corrected chi connectivity index (χ4v) is 2.79. The van der Waals surface area contributed by atoms with Crippen molar-refractivity contribution in [3.8, 4) is 0 Å². The van der Waals surface area contributed by atoms with Crippen molar-refractivity contribution in [1.29, 1.82) is 0 Å². The number of rotatable bonds is 1. The summed E-state index contributed by atoms with van der Waals surface area (Å²) in [6.45, 7) is 5.39. The minimum absolute atomic E-state index is 0.0320. The largest absolute Gasteiger partial charge is 0.339 e. The smallest absolute Gasteiger partial charge is 0.305 e. The quantitative estimate of drug-likeness (QED) is 0.783.